The van der Waals surface area contributed by atoms with Crippen LogP contribution in [0.15, 0.2) is 18.2 Å². The smallest absolute Gasteiger partial charge is 0.221 e. The largest absolute Gasteiger partial charge is 0.356 e. The fourth-order valence-electron chi connectivity index (χ4n) is 1.43. The number of hydrogen-bond acceptors (Lipinski definition) is 2. The maximum absolute atomic E-state index is 11.3. The lowest BCUT2D eigenvalue weighted by molar-refractivity contribution is -0.120. The van der Waals surface area contributed by atoms with E-state index in [1.54, 1.807) is 18.2 Å². The summed E-state index contributed by atoms with van der Waals surface area (Å²) in [7, 11) is 1.82. The number of benzene rings is 1. The highest BCUT2D eigenvalue weighted by atomic mass is 35.5. The van der Waals surface area contributed by atoms with Gasteiger partial charge in [-0.2, -0.15) is 0 Å². The van der Waals surface area contributed by atoms with E-state index in [1.165, 1.54) is 0 Å². The van der Waals surface area contributed by atoms with E-state index in [1.807, 2.05) is 7.05 Å². The lowest BCUT2D eigenvalue weighted by Gasteiger charge is -2.08. The van der Waals surface area contributed by atoms with E-state index in [0.29, 0.717) is 36.0 Å². The van der Waals surface area contributed by atoms with Gasteiger partial charge in [0.05, 0.1) is 0 Å². The van der Waals surface area contributed by atoms with E-state index < -0.39 is 0 Å². The Morgan fingerprint density at radius 3 is 2.39 bits per heavy atom. The van der Waals surface area contributed by atoms with Gasteiger partial charge in [0.15, 0.2) is 0 Å². The highest BCUT2D eigenvalue weighted by Crippen LogP contribution is 2.24. The van der Waals surface area contributed by atoms with Gasteiger partial charge >= 0.3 is 0 Å². The van der Waals surface area contributed by atoms with Gasteiger partial charge < -0.3 is 10.6 Å². The number of carbonyl (C=O) groups excluding carboxylic acids is 1. The Bertz CT molecular complexity index is 365. The predicted molar refractivity (Wildman–Crippen MR) is 79.0 cm³/mol. The van der Waals surface area contributed by atoms with E-state index in [0.717, 1.165) is 5.56 Å². The zero-order chi connectivity index (χ0) is 12.7. The minimum absolute atomic E-state index is 0. The Morgan fingerprint density at radius 1 is 1.22 bits per heavy atom. The molecule has 3 nitrogen and oxygen atoms in total. The molecule has 2 N–H and O–H groups in total. The molecule has 1 aromatic carbocycles. The summed E-state index contributed by atoms with van der Waals surface area (Å²) in [5.41, 5.74) is 0.879. The Kier molecular flexibility index (Phi) is 9.20. The van der Waals surface area contributed by atoms with E-state index in [4.69, 9.17) is 23.2 Å². The maximum Gasteiger partial charge on any atom is 0.221 e. The van der Waals surface area contributed by atoms with Gasteiger partial charge in [0.25, 0.3) is 0 Å². The van der Waals surface area contributed by atoms with Crippen molar-refractivity contribution >= 4 is 41.5 Å². The molecule has 0 bridgehead atoms. The molecular weight excluding hydrogens is 295 g/mol. The van der Waals surface area contributed by atoms with Crippen LogP contribution in [0, 0.1) is 0 Å². The second kappa shape index (κ2) is 9.45. The van der Waals surface area contributed by atoms with Crippen molar-refractivity contribution in [3.63, 3.8) is 0 Å². The van der Waals surface area contributed by atoms with Crippen LogP contribution < -0.4 is 10.6 Å². The molecule has 0 saturated carbocycles. The summed E-state index contributed by atoms with van der Waals surface area (Å²) in [4.78, 5) is 11.3. The van der Waals surface area contributed by atoms with Crippen molar-refractivity contribution < 1.29 is 4.79 Å². The molecule has 0 radical (unpaired) electrons. The first-order valence-corrected chi connectivity index (χ1v) is 6.25. The quantitative estimate of drug-likeness (QED) is 0.848. The summed E-state index contributed by atoms with van der Waals surface area (Å²) in [5.74, 6) is 0.0301. The first kappa shape index (κ1) is 17.5. The number of carbonyl (C=O) groups is 1. The summed E-state index contributed by atoms with van der Waals surface area (Å²) < 4.78 is 0. The zero-order valence-corrected chi connectivity index (χ0v) is 12.5. The number of nitrogens with one attached hydrogen (secondary N) is 2. The van der Waals surface area contributed by atoms with Gasteiger partial charge in [0.2, 0.25) is 5.91 Å². The van der Waals surface area contributed by atoms with Gasteiger partial charge in [-0.1, -0.05) is 29.3 Å². The van der Waals surface area contributed by atoms with Gasteiger partial charge in [-0.25, -0.2) is 0 Å². The lowest BCUT2D eigenvalue weighted by Crippen LogP contribution is -2.28. The molecule has 18 heavy (non-hydrogen) atoms. The summed E-state index contributed by atoms with van der Waals surface area (Å²) in [5, 5.41) is 7.03. The van der Waals surface area contributed by atoms with Gasteiger partial charge in [-0.05, 0) is 31.2 Å². The Hall–Kier alpha value is -0.480. The van der Waals surface area contributed by atoms with Crippen LogP contribution in [0.1, 0.15) is 12.0 Å². The SMILES string of the molecule is CNCCC(=O)NCCc1c(Cl)cccc1Cl.Cl. The van der Waals surface area contributed by atoms with Crippen LogP contribution in [0.4, 0.5) is 0 Å². The Labute approximate surface area is 124 Å². The summed E-state index contributed by atoms with van der Waals surface area (Å²) in [6, 6.07) is 5.40. The first-order chi connectivity index (χ1) is 8.15. The minimum Gasteiger partial charge on any atom is -0.356 e. The molecule has 102 valence electrons. The summed E-state index contributed by atoms with van der Waals surface area (Å²) in [6.45, 7) is 1.23. The third kappa shape index (κ3) is 5.91. The van der Waals surface area contributed by atoms with Crippen LogP contribution in [0.25, 0.3) is 0 Å². The average Bonchev–Trinajstić information content (AvgIpc) is 2.30. The predicted octanol–water partition coefficient (Wildman–Crippen LogP) is 2.68. The van der Waals surface area contributed by atoms with E-state index in [-0.39, 0.29) is 18.3 Å². The minimum atomic E-state index is 0. The highest BCUT2D eigenvalue weighted by molar-refractivity contribution is 6.35. The molecular formula is C12H17Cl3N2O. The molecule has 0 atom stereocenters. The molecule has 0 aromatic heterocycles. The van der Waals surface area contributed by atoms with Crippen molar-refractivity contribution in [2.45, 2.75) is 12.8 Å². The molecule has 0 aliphatic rings. The average molecular weight is 312 g/mol. The number of hydrogen-bond donors (Lipinski definition) is 2. The fourth-order valence-corrected chi connectivity index (χ4v) is 2.01. The molecule has 0 aliphatic heterocycles. The van der Waals surface area contributed by atoms with E-state index in [9.17, 15) is 4.79 Å². The monoisotopic (exact) mass is 310 g/mol. The highest BCUT2D eigenvalue weighted by Gasteiger charge is 2.06. The number of halogens is 3. The van der Waals surface area contributed by atoms with Crippen molar-refractivity contribution in [1.29, 1.82) is 0 Å². The van der Waals surface area contributed by atoms with Crippen LogP contribution >= 0.6 is 35.6 Å². The molecule has 0 unspecified atom stereocenters. The molecule has 1 amide bonds. The number of rotatable bonds is 6. The molecule has 6 heteroatoms. The van der Waals surface area contributed by atoms with Gasteiger partial charge in [0, 0.05) is 29.6 Å². The third-order valence-corrected chi connectivity index (χ3v) is 3.07. The van der Waals surface area contributed by atoms with Gasteiger partial charge in [0.1, 0.15) is 0 Å². The maximum atomic E-state index is 11.3. The van der Waals surface area contributed by atoms with Crippen molar-refractivity contribution in [1.82, 2.24) is 10.6 Å². The lowest BCUT2D eigenvalue weighted by atomic mass is 10.1. The van der Waals surface area contributed by atoms with Crippen LogP contribution in [-0.4, -0.2) is 26.0 Å². The molecule has 0 heterocycles. The third-order valence-electron chi connectivity index (χ3n) is 2.36. The molecule has 0 spiro atoms. The van der Waals surface area contributed by atoms with Crippen LogP contribution in [0.3, 0.4) is 0 Å². The normalized spacial score (nSPS) is 9.72. The van der Waals surface area contributed by atoms with E-state index >= 15 is 0 Å². The molecule has 0 fully saturated rings. The number of amides is 1. The van der Waals surface area contributed by atoms with Crippen LogP contribution in [-0.2, 0) is 11.2 Å². The van der Waals surface area contributed by atoms with Gasteiger partial charge in [-0.15, -0.1) is 12.4 Å². The fraction of sp³-hybridized carbons (Fsp3) is 0.417. The molecule has 0 aliphatic carbocycles. The van der Waals surface area contributed by atoms with E-state index in [2.05, 4.69) is 10.6 Å². The second-order valence-corrected chi connectivity index (χ2v) is 4.47. The second-order valence-electron chi connectivity index (χ2n) is 3.65. The summed E-state index contributed by atoms with van der Waals surface area (Å²) >= 11 is 12.0. The van der Waals surface area contributed by atoms with Crippen molar-refractivity contribution in [2.75, 3.05) is 20.1 Å². The molecule has 0 saturated heterocycles. The van der Waals surface area contributed by atoms with Crippen molar-refractivity contribution in [3.8, 4) is 0 Å². The molecule has 1 aromatic rings. The van der Waals surface area contributed by atoms with Crippen LogP contribution in [0.5, 0.6) is 0 Å². The van der Waals surface area contributed by atoms with Gasteiger partial charge in [-0.3, -0.25) is 4.79 Å². The Morgan fingerprint density at radius 2 is 1.83 bits per heavy atom. The van der Waals surface area contributed by atoms with Crippen LogP contribution in [0.2, 0.25) is 10.0 Å². The Balaban J connectivity index is 0.00000289. The molecule has 1 rings (SSSR count). The topological polar surface area (TPSA) is 41.1 Å². The van der Waals surface area contributed by atoms with Crippen molar-refractivity contribution in [2.24, 2.45) is 0 Å². The van der Waals surface area contributed by atoms with Crippen molar-refractivity contribution in [3.05, 3.63) is 33.8 Å². The standard InChI is InChI=1S/C12H16Cl2N2O.ClH/c1-15-7-6-12(17)16-8-5-9-10(13)3-2-4-11(9)14;/h2-4,15H,5-8H2,1H3,(H,16,17);1H. The summed E-state index contributed by atoms with van der Waals surface area (Å²) in [6.07, 6.45) is 1.12. The first-order valence-electron chi connectivity index (χ1n) is 5.49. The zero-order valence-electron chi connectivity index (χ0n) is 10.1.